The number of likely N-dealkylation sites (tertiary alicyclic amines) is 1. The van der Waals surface area contributed by atoms with Crippen LogP contribution < -0.4 is 0 Å². The molecule has 0 bridgehead atoms. The van der Waals surface area contributed by atoms with Gasteiger partial charge in [0.05, 0.1) is 37.1 Å². The van der Waals surface area contributed by atoms with Gasteiger partial charge in [-0.3, -0.25) is 4.79 Å². The molecule has 0 radical (unpaired) electrons. The number of amides is 1. The van der Waals surface area contributed by atoms with E-state index in [9.17, 15) is 9.18 Å². The first-order valence-electron chi connectivity index (χ1n) is 7.74. The first kappa shape index (κ1) is 14.3. The number of piperidine rings is 1. The molecular formula is C16H17FN4O2. The number of aromatic nitrogens is 3. The van der Waals surface area contributed by atoms with Crippen molar-refractivity contribution in [3.05, 3.63) is 47.5 Å². The molecule has 0 unspecified atom stereocenters. The lowest BCUT2D eigenvalue weighted by atomic mass is 9.99. The van der Waals surface area contributed by atoms with Gasteiger partial charge in [-0.15, -0.1) is 5.10 Å². The first-order chi connectivity index (χ1) is 11.2. The SMILES string of the molecule is O=C(Cc1ccccc1F)N1CC[C@H]2OCc3cnnn3[C@H]2C1. The predicted molar refractivity (Wildman–Crippen MR) is 78.9 cm³/mol. The molecule has 1 saturated heterocycles. The Morgan fingerprint density at radius 1 is 1.39 bits per heavy atom. The summed E-state index contributed by atoms with van der Waals surface area (Å²) in [6, 6.07) is 6.39. The lowest BCUT2D eigenvalue weighted by molar-refractivity contribution is -0.137. The van der Waals surface area contributed by atoms with Crippen LogP contribution in [0.1, 0.15) is 23.7 Å². The molecule has 2 atom stereocenters. The van der Waals surface area contributed by atoms with Crippen LogP contribution in [0, 0.1) is 5.82 Å². The Balaban J connectivity index is 1.49. The van der Waals surface area contributed by atoms with Gasteiger partial charge in [-0.25, -0.2) is 9.07 Å². The molecule has 4 rings (SSSR count). The van der Waals surface area contributed by atoms with E-state index in [2.05, 4.69) is 10.3 Å². The van der Waals surface area contributed by atoms with Crippen LogP contribution in [0.4, 0.5) is 4.39 Å². The van der Waals surface area contributed by atoms with Crippen LogP contribution >= 0.6 is 0 Å². The van der Waals surface area contributed by atoms with Crippen LogP contribution in [0.3, 0.4) is 0 Å². The largest absolute Gasteiger partial charge is 0.370 e. The molecule has 1 aromatic heterocycles. The fourth-order valence-electron chi connectivity index (χ4n) is 3.32. The fourth-order valence-corrected chi connectivity index (χ4v) is 3.32. The van der Waals surface area contributed by atoms with Crippen molar-refractivity contribution in [3.63, 3.8) is 0 Å². The van der Waals surface area contributed by atoms with E-state index < -0.39 is 0 Å². The highest BCUT2D eigenvalue weighted by Crippen LogP contribution is 2.30. The second-order valence-electron chi connectivity index (χ2n) is 5.98. The van der Waals surface area contributed by atoms with Gasteiger partial charge in [-0.2, -0.15) is 0 Å². The van der Waals surface area contributed by atoms with E-state index in [1.165, 1.54) is 6.07 Å². The maximum Gasteiger partial charge on any atom is 0.227 e. The lowest BCUT2D eigenvalue weighted by Crippen LogP contribution is -2.50. The molecule has 0 saturated carbocycles. The molecule has 7 heteroatoms. The average Bonchev–Trinajstić information content (AvgIpc) is 3.05. The number of carbonyl (C=O) groups is 1. The Labute approximate surface area is 132 Å². The van der Waals surface area contributed by atoms with Gasteiger partial charge in [0.2, 0.25) is 5.91 Å². The fraction of sp³-hybridized carbons (Fsp3) is 0.438. The summed E-state index contributed by atoms with van der Waals surface area (Å²) in [7, 11) is 0. The van der Waals surface area contributed by atoms with Gasteiger partial charge in [0.25, 0.3) is 0 Å². The Hall–Kier alpha value is -2.28. The molecule has 6 nitrogen and oxygen atoms in total. The first-order valence-corrected chi connectivity index (χ1v) is 7.74. The highest BCUT2D eigenvalue weighted by molar-refractivity contribution is 5.79. The van der Waals surface area contributed by atoms with E-state index in [0.29, 0.717) is 25.3 Å². The van der Waals surface area contributed by atoms with Crippen LogP contribution in [0.25, 0.3) is 0 Å². The molecular weight excluding hydrogens is 299 g/mol. The van der Waals surface area contributed by atoms with E-state index in [1.807, 2.05) is 4.68 Å². The van der Waals surface area contributed by atoms with Crippen LogP contribution in [-0.2, 0) is 22.6 Å². The minimum atomic E-state index is -0.338. The number of hydrogen-bond donors (Lipinski definition) is 0. The third-order valence-corrected chi connectivity index (χ3v) is 4.58. The second-order valence-corrected chi connectivity index (χ2v) is 5.98. The topological polar surface area (TPSA) is 60.3 Å². The smallest absolute Gasteiger partial charge is 0.227 e. The minimum absolute atomic E-state index is 0.0143. The maximum atomic E-state index is 13.7. The molecule has 1 aromatic carbocycles. The molecule has 120 valence electrons. The molecule has 0 N–H and O–H groups in total. The van der Waals surface area contributed by atoms with Crippen molar-refractivity contribution in [1.82, 2.24) is 19.9 Å². The molecule has 23 heavy (non-hydrogen) atoms. The summed E-state index contributed by atoms with van der Waals surface area (Å²) in [6.45, 7) is 1.66. The highest BCUT2D eigenvalue weighted by atomic mass is 19.1. The van der Waals surface area contributed by atoms with Gasteiger partial charge in [0, 0.05) is 13.1 Å². The maximum absolute atomic E-state index is 13.7. The normalized spacial score (nSPS) is 23.3. The van der Waals surface area contributed by atoms with Crippen molar-refractivity contribution in [1.29, 1.82) is 0 Å². The number of benzene rings is 1. The van der Waals surface area contributed by atoms with Gasteiger partial charge in [-0.1, -0.05) is 23.4 Å². The molecule has 1 amide bonds. The molecule has 3 heterocycles. The standard InChI is InChI=1S/C16H17FN4O2/c17-13-4-2-1-3-11(13)7-16(22)20-6-5-15-14(9-20)21-12(10-23-15)8-18-19-21/h1-4,8,14-15H,5-7,9-10H2/t14-,15+/m0/s1. The van der Waals surface area contributed by atoms with E-state index in [0.717, 1.165) is 12.1 Å². The Kier molecular flexibility index (Phi) is 3.57. The highest BCUT2D eigenvalue weighted by Gasteiger charge is 2.37. The zero-order valence-electron chi connectivity index (χ0n) is 12.6. The van der Waals surface area contributed by atoms with Crippen molar-refractivity contribution < 1.29 is 13.9 Å². The second kappa shape index (κ2) is 5.73. The lowest BCUT2D eigenvalue weighted by Gasteiger charge is -2.41. The van der Waals surface area contributed by atoms with Crippen molar-refractivity contribution in [2.24, 2.45) is 0 Å². The summed E-state index contributed by atoms with van der Waals surface area (Å²) < 4.78 is 21.4. The number of ether oxygens (including phenoxy) is 1. The van der Waals surface area contributed by atoms with Crippen molar-refractivity contribution in [2.75, 3.05) is 13.1 Å². The van der Waals surface area contributed by atoms with Crippen molar-refractivity contribution in [2.45, 2.75) is 31.6 Å². The Morgan fingerprint density at radius 2 is 2.26 bits per heavy atom. The van der Waals surface area contributed by atoms with E-state index in [-0.39, 0.29) is 30.3 Å². The van der Waals surface area contributed by atoms with Crippen LogP contribution in [0.15, 0.2) is 30.5 Å². The number of rotatable bonds is 2. The number of fused-ring (bicyclic) bond motifs is 3. The van der Waals surface area contributed by atoms with E-state index in [1.54, 1.807) is 29.3 Å². The Morgan fingerprint density at radius 3 is 3.13 bits per heavy atom. The zero-order valence-corrected chi connectivity index (χ0v) is 12.6. The molecule has 0 aliphatic carbocycles. The van der Waals surface area contributed by atoms with Gasteiger partial charge in [0.15, 0.2) is 0 Å². The Bertz CT molecular complexity index is 732. The molecule has 2 aliphatic rings. The monoisotopic (exact) mass is 316 g/mol. The summed E-state index contributed by atoms with van der Waals surface area (Å²) in [5, 5.41) is 8.05. The third kappa shape index (κ3) is 2.61. The molecule has 2 aromatic rings. The van der Waals surface area contributed by atoms with Gasteiger partial charge in [0.1, 0.15) is 5.82 Å². The van der Waals surface area contributed by atoms with Crippen LogP contribution in [0.5, 0.6) is 0 Å². The van der Waals surface area contributed by atoms with Gasteiger partial charge in [-0.05, 0) is 18.1 Å². The summed E-state index contributed by atoms with van der Waals surface area (Å²) >= 11 is 0. The number of halogens is 1. The molecule has 2 aliphatic heterocycles. The van der Waals surface area contributed by atoms with Crippen molar-refractivity contribution in [3.8, 4) is 0 Å². The quantitative estimate of drug-likeness (QED) is 0.839. The average molecular weight is 316 g/mol. The zero-order chi connectivity index (χ0) is 15.8. The predicted octanol–water partition coefficient (Wildman–Crippen LogP) is 1.33. The van der Waals surface area contributed by atoms with E-state index >= 15 is 0 Å². The minimum Gasteiger partial charge on any atom is -0.370 e. The van der Waals surface area contributed by atoms with Gasteiger partial charge < -0.3 is 9.64 Å². The number of carbonyl (C=O) groups excluding carboxylic acids is 1. The van der Waals surface area contributed by atoms with Gasteiger partial charge >= 0.3 is 0 Å². The van der Waals surface area contributed by atoms with Crippen molar-refractivity contribution >= 4 is 5.91 Å². The van der Waals surface area contributed by atoms with Crippen LogP contribution in [-0.4, -0.2) is 45.0 Å². The molecule has 1 fully saturated rings. The number of hydrogen-bond acceptors (Lipinski definition) is 4. The summed E-state index contributed by atoms with van der Waals surface area (Å²) in [5.41, 5.74) is 1.36. The number of nitrogens with zero attached hydrogens (tertiary/aromatic N) is 4. The third-order valence-electron chi connectivity index (χ3n) is 4.58. The molecule has 0 spiro atoms. The summed E-state index contributed by atoms with van der Waals surface area (Å²) in [5.74, 6) is -0.406. The summed E-state index contributed by atoms with van der Waals surface area (Å²) in [6.07, 6.45) is 2.58. The van der Waals surface area contributed by atoms with E-state index in [4.69, 9.17) is 4.74 Å². The summed E-state index contributed by atoms with van der Waals surface area (Å²) in [4.78, 5) is 14.3. The van der Waals surface area contributed by atoms with Crippen LogP contribution in [0.2, 0.25) is 0 Å².